The van der Waals surface area contributed by atoms with Gasteiger partial charge in [-0.15, -0.1) is 0 Å². The summed E-state index contributed by atoms with van der Waals surface area (Å²) in [5, 5.41) is 69.6. The molecular formula is C25H27NO12. The lowest BCUT2D eigenvalue weighted by Crippen LogP contribution is -2.60. The van der Waals surface area contributed by atoms with Gasteiger partial charge in [-0.1, -0.05) is 6.07 Å². The summed E-state index contributed by atoms with van der Waals surface area (Å²) in [5.74, 6) is -2.66. The van der Waals surface area contributed by atoms with E-state index in [1.54, 1.807) is 0 Å². The molecular weight excluding hydrogens is 506 g/mol. The average molecular weight is 533 g/mol. The van der Waals surface area contributed by atoms with Crippen molar-refractivity contribution < 1.29 is 59.5 Å². The van der Waals surface area contributed by atoms with Gasteiger partial charge < -0.3 is 50.0 Å². The smallest absolute Gasteiger partial charge is 0.327 e. The molecule has 1 fully saturated rings. The van der Waals surface area contributed by atoms with Crippen molar-refractivity contribution >= 4 is 23.6 Å². The number of anilines is 1. The first-order valence-electron chi connectivity index (χ1n) is 11.5. The second-order valence-electron chi connectivity index (χ2n) is 8.79. The zero-order valence-corrected chi connectivity index (χ0v) is 20.0. The van der Waals surface area contributed by atoms with Gasteiger partial charge in [0.1, 0.15) is 30.5 Å². The number of ether oxygens (including phenoxy) is 3. The third-order valence-corrected chi connectivity index (χ3v) is 6.38. The van der Waals surface area contributed by atoms with Crippen LogP contribution < -0.4 is 14.4 Å². The molecule has 4 rings (SSSR count). The fourth-order valence-electron chi connectivity index (χ4n) is 4.36. The maximum Gasteiger partial charge on any atom is 0.327 e. The number of hydrogen-bond acceptors (Lipinski definition) is 11. The van der Waals surface area contributed by atoms with Crippen molar-refractivity contribution in [3.8, 4) is 23.0 Å². The molecule has 0 aromatic heterocycles. The van der Waals surface area contributed by atoms with Crippen LogP contribution in [0, 0.1) is 0 Å². The maximum absolute atomic E-state index is 13.2. The molecule has 2 heterocycles. The molecule has 7 N–H and O–H groups in total. The van der Waals surface area contributed by atoms with Crippen LogP contribution in [-0.2, 0) is 20.7 Å². The molecule has 1 saturated heterocycles. The number of aromatic hydroxyl groups is 2. The second-order valence-corrected chi connectivity index (χ2v) is 8.79. The van der Waals surface area contributed by atoms with E-state index in [2.05, 4.69) is 0 Å². The minimum Gasteiger partial charge on any atom is -0.504 e. The lowest BCUT2D eigenvalue weighted by atomic mass is 9.99. The molecule has 2 aliphatic rings. The molecule has 13 heteroatoms. The van der Waals surface area contributed by atoms with E-state index in [1.165, 1.54) is 43.5 Å². The summed E-state index contributed by atoms with van der Waals surface area (Å²) in [6.45, 7) is -0.692. The van der Waals surface area contributed by atoms with Crippen LogP contribution in [-0.4, -0.2) is 98.1 Å². The number of carbonyl (C=O) groups excluding carboxylic acids is 1. The van der Waals surface area contributed by atoms with Crippen molar-refractivity contribution in [2.75, 3.05) is 18.6 Å². The van der Waals surface area contributed by atoms with Gasteiger partial charge in [-0.2, -0.15) is 0 Å². The number of aliphatic carboxylic acids is 1. The molecule has 38 heavy (non-hydrogen) atoms. The quantitative estimate of drug-likeness (QED) is 0.222. The molecule has 0 radical (unpaired) electrons. The van der Waals surface area contributed by atoms with Gasteiger partial charge in [-0.05, 0) is 35.4 Å². The number of carboxylic acid groups (broad SMARTS) is 1. The number of aliphatic hydroxyl groups is 4. The first-order valence-corrected chi connectivity index (χ1v) is 11.5. The minimum absolute atomic E-state index is 0.0953. The average Bonchev–Trinajstić information content (AvgIpc) is 3.26. The second kappa shape index (κ2) is 10.8. The summed E-state index contributed by atoms with van der Waals surface area (Å²) >= 11 is 0. The highest BCUT2D eigenvalue weighted by Crippen LogP contribution is 2.42. The minimum atomic E-state index is -1.75. The van der Waals surface area contributed by atoms with Crippen LogP contribution in [0.15, 0.2) is 36.4 Å². The van der Waals surface area contributed by atoms with Crippen LogP contribution in [0.5, 0.6) is 23.0 Å². The molecule has 0 unspecified atom stereocenters. The maximum atomic E-state index is 13.2. The fourth-order valence-corrected chi connectivity index (χ4v) is 4.36. The van der Waals surface area contributed by atoms with Crippen molar-refractivity contribution in [2.45, 2.75) is 43.2 Å². The number of amides is 1. The van der Waals surface area contributed by atoms with Crippen LogP contribution in [0.1, 0.15) is 11.1 Å². The third kappa shape index (κ3) is 5.10. The lowest BCUT2D eigenvalue weighted by Gasteiger charge is -2.39. The Kier molecular flexibility index (Phi) is 7.76. The largest absolute Gasteiger partial charge is 0.504 e. The first kappa shape index (κ1) is 27.2. The summed E-state index contributed by atoms with van der Waals surface area (Å²) in [6, 6.07) is 5.50. The SMILES string of the molecule is COc1cc(/C=C/C(=O)N2c3cc(O[C@@H]4O[C@H](CO)[C@@H](O)[C@H](O)[C@H]4O)c(O)cc3C[C@H]2C(=O)O)ccc1O. The van der Waals surface area contributed by atoms with Gasteiger partial charge in [0.15, 0.2) is 23.0 Å². The number of aliphatic hydroxyl groups excluding tert-OH is 4. The normalized spacial score (nSPS) is 26.8. The number of benzene rings is 2. The zero-order chi connectivity index (χ0) is 27.7. The van der Waals surface area contributed by atoms with Crippen LogP contribution >= 0.6 is 0 Å². The number of nitrogens with zero attached hydrogens (tertiary/aromatic N) is 1. The van der Waals surface area contributed by atoms with E-state index in [-0.39, 0.29) is 29.4 Å². The summed E-state index contributed by atoms with van der Waals surface area (Å²) < 4.78 is 15.9. The molecule has 2 aliphatic heterocycles. The van der Waals surface area contributed by atoms with Crippen molar-refractivity contribution in [2.24, 2.45) is 0 Å². The number of methoxy groups -OCH3 is 1. The Hall–Kier alpha value is -3.88. The molecule has 0 bridgehead atoms. The number of fused-ring (bicyclic) bond motifs is 1. The fraction of sp³-hybridized carbons (Fsp3) is 0.360. The van der Waals surface area contributed by atoms with E-state index >= 15 is 0 Å². The molecule has 0 aliphatic carbocycles. The summed E-state index contributed by atoms with van der Waals surface area (Å²) in [7, 11) is 1.37. The van der Waals surface area contributed by atoms with E-state index in [9.17, 15) is 45.3 Å². The number of phenolic OH excluding ortho intramolecular Hbond substituents is 2. The highest BCUT2D eigenvalue weighted by Gasteiger charge is 2.45. The Labute approximate surface area is 216 Å². The Morgan fingerprint density at radius 2 is 1.79 bits per heavy atom. The molecule has 204 valence electrons. The van der Waals surface area contributed by atoms with Gasteiger partial charge in [0, 0.05) is 18.6 Å². The van der Waals surface area contributed by atoms with Crippen LogP contribution in [0.4, 0.5) is 5.69 Å². The lowest BCUT2D eigenvalue weighted by molar-refractivity contribution is -0.277. The number of hydrogen-bond donors (Lipinski definition) is 7. The molecule has 1 amide bonds. The van der Waals surface area contributed by atoms with E-state index in [1.807, 2.05) is 0 Å². The van der Waals surface area contributed by atoms with Gasteiger partial charge in [-0.25, -0.2) is 4.79 Å². The van der Waals surface area contributed by atoms with Gasteiger partial charge in [-0.3, -0.25) is 9.69 Å². The van der Waals surface area contributed by atoms with Crippen LogP contribution in [0.3, 0.4) is 0 Å². The van der Waals surface area contributed by atoms with Crippen LogP contribution in [0.25, 0.3) is 6.08 Å². The standard InChI is InChI=1S/C25H27NO12/c1-36-17-6-11(2-4-15(17)28)3-5-20(30)26-13-9-18(16(29)8-12(13)7-14(26)24(34)35)37-25-23(33)22(32)21(31)19(10-27)38-25/h2-6,8-9,14,19,21-23,25,27-29,31-33H,7,10H2,1H3,(H,34,35)/b5-3+/t14-,19+,21+,22-,23+,25+/m0/s1. The molecule has 2 aromatic carbocycles. The molecule has 0 saturated carbocycles. The number of phenols is 2. The number of carboxylic acids is 1. The van der Waals surface area contributed by atoms with Gasteiger partial charge in [0.25, 0.3) is 5.91 Å². The monoisotopic (exact) mass is 533 g/mol. The Bertz CT molecular complexity index is 1250. The van der Waals surface area contributed by atoms with Gasteiger partial charge in [0.2, 0.25) is 6.29 Å². The predicted molar refractivity (Wildman–Crippen MR) is 129 cm³/mol. The first-order chi connectivity index (χ1) is 18.0. The van der Waals surface area contributed by atoms with Crippen molar-refractivity contribution in [3.05, 3.63) is 47.5 Å². The number of carbonyl (C=O) groups is 2. The Balaban J connectivity index is 1.63. The van der Waals surface area contributed by atoms with E-state index in [4.69, 9.17) is 14.2 Å². The van der Waals surface area contributed by atoms with Crippen LogP contribution in [0.2, 0.25) is 0 Å². The van der Waals surface area contributed by atoms with E-state index in [0.717, 1.165) is 11.0 Å². The topological polar surface area (TPSA) is 207 Å². The summed E-state index contributed by atoms with van der Waals surface area (Å²) in [4.78, 5) is 26.1. The summed E-state index contributed by atoms with van der Waals surface area (Å²) in [6.07, 6.45) is -5.52. The molecule has 2 aromatic rings. The highest BCUT2D eigenvalue weighted by molar-refractivity contribution is 6.09. The van der Waals surface area contributed by atoms with Gasteiger partial charge in [0.05, 0.1) is 19.4 Å². The Morgan fingerprint density at radius 3 is 2.45 bits per heavy atom. The zero-order valence-electron chi connectivity index (χ0n) is 20.0. The van der Waals surface area contributed by atoms with Crippen molar-refractivity contribution in [1.29, 1.82) is 0 Å². The molecule has 6 atom stereocenters. The van der Waals surface area contributed by atoms with Crippen molar-refractivity contribution in [1.82, 2.24) is 0 Å². The summed E-state index contributed by atoms with van der Waals surface area (Å²) in [5.41, 5.74) is 0.952. The number of rotatable bonds is 7. The Morgan fingerprint density at radius 1 is 1.05 bits per heavy atom. The molecule has 0 spiro atoms. The van der Waals surface area contributed by atoms with Crippen molar-refractivity contribution in [3.63, 3.8) is 0 Å². The van der Waals surface area contributed by atoms with Gasteiger partial charge >= 0.3 is 5.97 Å². The molecule has 13 nitrogen and oxygen atoms in total. The van der Waals surface area contributed by atoms with E-state index in [0.29, 0.717) is 11.1 Å². The third-order valence-electron chi connectivity index (χ3n) is 6.38. The van der Waals surface area contributed by atoms with E-state index < -0.39 is 61.0 Å². The predicted octanol–water partition coefficient (Wildman–Crippen LogP) is -0.659. The highest BCUT2D eigenvalue weighted by atomic mass is 16.7.